The highest BCUT2D eigenvalue weighted by Gasteiger charge is 1.98. The molecule has 56 valence electrons. The third kappa shape index (κ3) is 1.43. The molecular weight excluding hydrogens is 128 g/mol. The first-order valence-corrected chi connectivity index (χ1v) is 3.32. The Hall–Kier alpha value is -1.12. The third-order valence-electron chi connectivity index (χ3n) is 1.37. The molecule has 0 saturated heterocycles. The largest absolute Gasteiger partial charge is 0.495 e. The van der Waals surface area contributed by atoms with Crippen molar-refractivity contribution in [2.45, 2.75) is 6.92 Å². The van der Waals surface area contributed by atoms with Gasteiger partial charge in [-0.05, 0) is 13.0 Å². The Morgan fingerprint density at radius 2 is 2.50 bits per heavy atom. The fourth-order valence-corrected chi connectivity index (χ4v) is 0.725. The van der Waals surface area contributed by atoms with Crippen molar-refractivity contribution >= 4 is 0 Å². The minimum absolute atomic E-state index is 0.852. The minimum Gasteiger partial charge on any atom is -0.495 e. The van der Waals surface area contributed by atoms with Gasteiger partial charge >= 0.3 is 0 Å². The van der Waals surface area contributed by atoms with E-state index < -0.39 is 0 Å². The molecule has 10 heavy (non-hydrogen) atoms. The van der Waals surface area contributed by atoms with Gasteiger partial charge in [0, 0.05) is 12.7 Å². The molecule has 0 unspecified atom stereocenters. The molecule has 0 bridgehead atoms. The predicted octanol–water partition coefficient (Wildman–Crippen LogP) is 0.828. The van der Waals surface area contributed by atoms with Crippen LogP contribution in [-0.4, -0.2) is 18.7 Å². The SMILES string of the molecule is CCN1C=CC(OC)=CN1. The van der Waals surface area contributed by atoms with Crippen LogP contribution >= 0.6 is 0 Å². The molecular formula is C7H12N2O. The van der Waals surface area contributed by atoms with Crippen LogP contribution < -0.4 is 5.43 Å². The number of nitrogens with zero attached hydrogens (tertiary/aromatic N) is 1. The molecule has 0 spiro atoms. The highest BCUT2D eigenvalue weighted by atomic mass is 16.5. The molecule has 3 heteroatoms. The summed E-state index contributed by atoms with van der Waals surface area (Å²) in [5.74, 6) is 0.852. The lowest BCUT2D eigenvalue weighted by Crippen LogP contribution is -2.31. The molecule has 0 radical (unpaired) electrons. The molecule has 1 aliphatic rings. The second-order valence-electron chi connectivity index (χ2n) is 1.98. The van der Waals surface area contributed by atoms with Crippen molar-refractivity contribution in [1.82, 2.24) is 10.4 Å². The van der Waals surface area contributed by atoms with Gasteiger partial charge in [-0.3, -0.25) is 5.01 Å². The zero-order valence-electron chi connectivity index (χ0n) is 6.29. The van der Waals surface area contributed by atoms with Gasteiger partial charge in [0.25, 0.3) is 0 Å². The number of hydrogen-bond donors (Lipinski definition) is 1. The van der Waals surface area contributed by atoms with Crippen LogP contribution in [0.1, 0.15) is 6.92 Å². The predicted molar refractivity (Wildman–Crippen MR) is 39.7 cm³/mol. The Labute approximate surface area is 60.9 Å². The van der Waals surface area contributed by atoms with E-state index in [-0.39, 0.29) is 0 Å². The van der Waals surface area contributed by atoms with Crippen molar-refractivity contribution in [2.24, 2.45) is 0 Å². The smallest absolute Gasteiger partial charge is 0.137 e. The summed E-state index contributed by atoms with van der Waals surface area (Å²) in [4.78, 5) is 0. The van der Waals surface area contributed by atoms with Crippen LogP contribution in [0.15, 0.2) is 24.2 Å². The summed E-state index contributed by atoms with van der Waals surface area (Å²) in [7, 11) is 1.65. The van der Waals surface area contributed by atoms with Crippen LogP contribution in [0.2, 0.25) is 0 Å². The zero-order valence-corrected chi connectivity index (χ0v) is 6.29. The number of ether oxygens (including phenoxy) is 1. The maximum absolute atomic E-state index is 4.97. The Morgan fingerprint density at radius 3 is 2.90 bits per heavy atom. The number of hydrazine groups is 1. The molecule has 0 saturated carbocycles. The van der Waals surface area contributed by atoms with E-state index in [1.54, 1.807) is 7.11 Å². The van der Waals surface area contributed by atoms with Gasteiger partial charge in [-0.1, -0.05) is 0 Å². The molecule has 1 rings (SSSR count). The first-order valence-electron chi connectivity index (χ1n) is 3.32. The Kier molecular flexibility index (Phi) is 2.20. The normalized spacial score (nSPS) is 16.2. The highest BCUT2D eigenvalue weighted by Crippen LogP contribution is 2.01. The average molecular weight is 140 g/mol. The maximum Gasteiger partial charge on any atom is 0.137 e. The topological polar surface area (TPSA) is 24.5 Å². The van der Waals surface area contributed by atoms with Crippen molar-refractivity contribution in [3.8, 4) is 0 Å². The van der Waals surface area contributed by atoms with E-state index in [4.69, 9.17) is 4.74 Å². The molecule has 0 atom stereocenters. The van der Waals surface area contributed by atoms with Crippen molar-refractivity contribution in [1.29, 1.82) is 0 Å². The first kappa shape index (κ1) is 6.99. The van der Waals surface area contributed by atoms with Crippen molar-refractivity contribution in [3.05, 3.63) is 24.2 Å². The van der Waals surface area contributed by atoms with Gasteiger partial charge in [-0.15, -0.1) is 0 Å². The number of allylic oxidation sites excluding steroid dienone is 1. The molecule has 0 aromatic rings. The van der Waals surface area contributed by atoms with E-state index in [1.165, 1.54) is 0 Å². The monoisotopic (exact) mass is 140 g/mol. The van der Waals surface area contributed by atoms with Gasteiger partial charge in [-0.25, -0.2) is 0 Å². The fraction of sp³-hybridized carbons (Fsp3) is 0.429. The van der Waals surface area contributed by atoms with Gasteiger partial charge in [0.05, 0.1) is 13.3 Å². The molecule has 1 N–H and O–H groups in total. The summed E-state index contributed by atoms with van der Waals surface area (Å²) in [6.45, 7) is 3.02. The molecule has 0 aromatic heterocycles. The van der Waals surface area contributed by atoms with Crippen molar-refractivity contribution in [2.75, 3.05) is 13.7 Å². The van der Waals surface area contributed by atoms with Crippen LogP contribution in [0.4, 0.5) is 0 Å². The van der Waals surface area contributed by atoms with Crippen LogP contribution in [0.25, 0.3) is 0 Å². The number of methoxy groups -OCH3 is 1. The van der Waals surface area contributed by atoms with Gasteiger partial charge in [0.1, 0.15) is 5.76 Å². The molecule has 0 amide bonds. The van der Waals surface area contributed by atoms with Gasteiger partial charge in [0.15, 0.2) is 0 Å². The van der Waals surface area contributed by atoms with Gasteiger partial charge < -0.3 is 10.2 Å². The van der Waals surface area contributed by atoms with E-state index in [1.807, 2.05) is 23.5 Å². The zero-order chi connectivity index (χ0) is 7.40. The summed E-state index contributed by atoms with van der Waals surface area (Å²) < 4.78 is 4.97. The van der Waals surface area contributed by atoms with Gasteiger partial charge in [0.2, 0.25) is 0 Å². The Morgan fingerprint density at radius 1 is 1.70 bits per heavy atom. The van der Waals surface area contributed by atoms with E-state index in [9.17, 15) is 0 Å². The second-order valence-corrected chi connectivity index (χ2v) is 1.98. The standard InChI is InChI=1S/C7H12N2O/c1-3-9-5-4-7(10-2)6-8-9/h4-6,8H,3H2,1-2H3. The summed E-state index contributed by atoms with van der Waals surface area (Å²) in [6.07, 6.45) is 5.68. The molecule has 0 fully saturated rings. The first-order chi connectivity index (χ1) is 4.86. The van der Waals surface area contributed by atoms with E-state index in [2.05, 4.69) is 12.3 Å². The summed E-state index contributed by atoms with van der Waals surface area (Å²) in [5, 5.41) is 1.96. The number of nitrogens with one attached hydrogen (secondary N) is 1. The fourth-order valence-electron chi connectivity index (χ4n) is 0.725. The van der Waals surface area contributed by atoms with Crippen LogP contribution in [-0.2, 0) is 4.74 Å². The van der Waals surface area contributed by atoms with Crippen LogP contribution in [0.5, 0.6) is 0 Å². The molecule has 0 aromatic carbocycles. The summed E-state index contributed by atoms with van der Waals surface area (Å²) >= 11 is 0. The lowest BCUT2D eigenvalue weighted by atomic mass is 10.4. The summed E-state index contributed by atoms with van der Waals surface area (Å²) in [6, 6.07) is 0. The quantitative estimate of drug-likeness (QED) is 0.614. The molecule has 1 heterocycles. The second kappa shape index (κ2) is 3.15. The van der Waals surface area contributed by atoms with E-state index in [0.29, 0.717) is 0 Å². The average Bonchev–Trinajstić information content (AvgIpc) is 2.05. The van der Waals surface area contributed by atoms with Crippen LogP contribution in [0.3, 0.4) is 0 Å². The number of rotatable bonds is 2. The Balaban J connectivity index is 2.46. The van der Waals surface area contributed by atoms with Crippen molar-refractivity contribution in [3.63, 3.8) is 0 Å². The molecule has 3 nitrogen and oxygen atoms in total. The lowest BCUT2D eigenvalue weighted by Gasteiger charge is -2.21. The van der Waals surface area contributed by atoms with E-state index >= 15 is 0 Å². The van der Waals surface area contributed by atoms with E-state index in [0.717, 1.165) is 12.3 Å². The highest BCUT2D eigenvalue weighted by molar-refractivity contribution is 5.13. The minimum atomic E-state index is 0.852. The Bertz CT molecular complexity index is 163. The lowest BCUT2D eigenvalue weighted by molar-refractivity contribution is 0.269. The van der Waals surface area contributed by atoms with Crippen molar-refractivity contribution < 1.29 is 4.74 Å². The van der Waals surface area contributed by atoms with Gasteiger partial charge in [-0.2, -0.15) is 0 Å². The number of hydrogen-bond acceptors (Lipinski definition) is 3. The molecule has 0 aliphatic carbocycles. The van der Waals surface area contributed by atoms with Crippen LogP contribution in [0, 0.1) is 0 Å². The maximum atomic E-state index is 4.97. The third-order valence-corrected chi connectivity index (χ3v) is 1.37. The summed E-state index contributed by atoms with van der Waals surface area (Å²) in [5.41, 5.74) is 3.03. The molecule has 1 aliphatic heterocycles.